The predicted molar refractivity (Wildman–Crippen MR) is 45.7 cm³/mol. The molecule has 0 radical (unpaired) electrons. The normalized spacial score (nSPS) is 10.1. The summed E-state index contributed by atoms with van der Waals surface area (Å²) in [4.78, 5) is 13.5. The molecule has 1 aromatic heterocycles. The van der Waals surface area contributed by atoms with Crippen molar-refractivity contribution in [2.75, 3.05) is 5.73 Å². The van der Waals surface area contributed by atoms with E-state index < -0.39 is 17.4 Å². The number of aromatic nitrogens is 1. The first-order valence-electron chi connectivity index (χ1n) is 3.73. The molecule has 0 atom stereocenters. The first-order chi connectivity index (χ1) is 6.56. The van der Waals surface area contributed by atoms with E-state index >= 15 is 0 Å². The Bertz CT molecular complexity index is 433. The molecule has 14 heavy (non-hydrogen) atoms. The quantitative estimate of drug-likeness (QED) is 0.744. The van der Waals surface area contributed by atoms with Crippen molar-refractivity contribution in [2.45, 2.75) is 12.8 Å². The van der Waals surface area contributed by atoms with E-state index in [1.165, 1.54) is 0 Å². The monoisotopic (exact) mass is 199 g/mol. The minimum Gasteiger partial charge on any atom is -0.385 e. The van der Waals surface area contributed by atoms with Gasteiger partial charge >= 0.3 is 0 Å². The average Bonchev–Trinajstić information content (AvgIpc) is 2.01. The molecule has 0 unspecified atom stereocenters. The molecule has 0 saturated heterocycles. The second-order valence-corrected chi connectivity index (χ2v) is 2.62. The number of nitrogen functional groups attached to an aromatic ring is 1. The molecule has 6 heteroatoms. The van der Waals surface area contributed by atoms with Crippen molar-refractivity contribution in [3.05, 3.63) is 27.5 Å². The van der Waals surface area contributed by atoms with Gasteiger partial charge in [-0.05, 0) is 0 Å². The number of nitriles is 1. The van der Waals surface area contributed by atoms with E-state index in [9.17, 15) is 13.6 Å². The van der Waals surface area contributed by atoms with Crippen LogP contribution in [0.25, 0.3) is 0 Å². The maximum Gasteiger partial charge on any atom is 0.271 e. The molecule has 1 rings (SSSR count). The maximum absolute atomic E-state index is 12.2. The van der Waals surface area contributed by atoms with E-state index in [-0.39, 0.29) is 17.9 Å². The predicted octanol–water partition coefficient (Wildman–Crippen LogP) is 0.961. The molecule has 74 valence electrons. The summed E-state index contributed by atoms with van der Waals surface area (Å²) in [6, 6.07) is 2.73. The van der Waals surface area contributed by atoms with E-state index in [0.29, 0.717) is 0 Å². The maximum atomic E-state index is 12.2. The summed E-state index contributed by atoms with van der Waals surface area (Å²) in [5, 5.41) is 8.32. The number of anilines is 1. The summed E-state index contributed by atoms with van der Waals surface area (Å²) >= 11 is 0. The van der Waals surface area contributed by atoms with Gasteiger partial charge in [0.2, 0.25) is 0 Å². The number of alkyl halides is 2. The number of halogens is 2. The molecule has 1 aromatic rings. The van der Waals surface area contributed by atoms with Crippen molar-refractivity contribution < 1.29 is 8.78 Å². The van der Waals surface area contributed by atoms with Crippen LogP contribution in [-0.2, 0) is 6.42 Å². The van der Waals surface area contributed by atoms with Gasteiger partial charge in [0, 0.05) is 11.8 Å². The van der Waals surface area contributed by atoms with Crippen LogP contribution in [-0.4, -0.2) is 4.98 Å². The minimum atomic E-state index is -2.91. The SMILES string of the molecule is N#CCc1cc(=O)c(C(F)F)c(N)[nH]1. The van der Waals surface area contributed by atoms with Crippen LogP contribution in [0.3, 0.4) is 0 Å². The number of hydrogen-bond acceptors (Lipinski definition) is 3. The Morgan fingerprint density at radius 2 is 2.29 bits per heavy atom. The molecule has 0 amide bonds. The standard InChI is InChI=1S/C8H7F2N3O/c9-7(10)6-5(14)3-4(1-2-11)13-8(6)12/h3,7H,1H2,(H3,12,13,14). The minimum absolute atomic E-state index is 0.0665. The topological polar surface area (TPSA) is 82.7 Å². The third-order valence-electron chi connectivity index (χ3n) is 1.64. The highest BCUT2D eigenvalue weighted by atomic mass is 19.3. The van der Waals surface area contributed by atoms with Crippen LogP contribution in [0.15, 0.2) is 10.9 Å². The zero-order valence-corrected chi connectivity index (χ0v) is 7.05. The Morgan fingerprint density at radius 3 is 2.71 bits per heavy atom. The van der Waals surface area contributed by atoms with Crippen LogP contribution in [0.2, 0.25) is 0 Å². The molecular formula is C8H7F2N3O. The van der Waals surface area contributed by atoms with Gasteiger partial charge in [-0.3, -0.25) is 4.79 Å². The highest BCUT2D eigenvalue weighted by molar-refractivity contribution is 5.41. The first kappa shape index (κ1) is 10.2. The zero-order chi connectivity index (χ0) is 10.7. The third kappa shape index (κ3) is 1.88. The van der Waals surface area contributed by atoms with E-state index in [1.807, 2.05) is 0 Å². The van der Waals surface area contributed by atoms with Crippen molar-refractivity contribution in [3.8, 4) is 6.07 Å². The molecule has 0 spiro atoms. The molecule has 0 aliphatic carbocycles. The number of hydrogen-bond donors (Lipinski definition) is 2. The van der Waals surface area contributed by atoms with Crippen molar-refractivity contribution in [3.63, 3.8) is 0 Å². The lowest BCUT2D eigenvalue weighted by molar-refractivity contribution is 0.150. The molecular weight excluding hydrogens is 192 g/mol. The van der Waals surface area contributed by atoms with Crippen LogP contribution >= 0.6 is 0 Å². The van der Waals surface area contributed by atoms with E-state index in [4.69, 9.17) is 11.0 Å². The summed E-state index contributed by atoms with van der Waals surface area (Å²) in [5.74, 6) is -0.377. The number of H-pyrrole nitrogens is 1. The number of pyridine rings is 1. The summed E-state index contributed by atoms with van der Waals surface area (Å²) in [5.41, 5.74) is 3.85. The molecule has 0 aromatic carbocycles. The summed E-state index contributed by atoms with van der Waals surface area (Å²) in [6.45, 7) is 0. The lowest BCUT2D eigenvalue weighted by Crippen LogP contribution is -2.15. The second-order valence-electron chi connectivity index (χ2n) is 2.62. The fraction of sp³-hybridized carbons (Fsp3) is 0.250. The molecule has 0 fully saturated rings. The first-order valence-corrected chi connectivity index (χ1v) is 3.73. The van der Waals surface area contributed by atoms with Gasteiger partial charge in [-0.15, -0.1) is 0 Å². The lowest BCUT2D eigenvalue weighted by Gasteiger charge is -2.04. The highest BCUT2D eigenvalue weighted by Gasteiger charge is 2.16. The van der Waals surface area contributed by atoms with Crippen LogP contribution in [0, 0.1) is 11.3 Å². The van der Waals surface area contributed by atoms with Gasteiger partial charge in [0.25, 0.3) is 6.43 Å². The number of nitrogens with zero attached hydrogens (tertiary/aromatic N) is 1. The third-order valence-corrected chi connectivity index (χ3v) is 1.64. The summed E-state index contributed by atoms with van der Waals surface area (Å²) in [7, 11) is 0. The largest absolute Gasteiger partial charge is 0.385 e. The number of nitrogens with one attached hydrogen (secondary N) is 1. The number of nitrogens with two attached hydrogens (primary N) is 1. The van der Waals surface area contributed by atoms with Gasteiger partial charge in [0.05, 0.1) is 12.5 Å². The van der Waals surface area contributed by atoms with Crippen molar-refractivity contribution in [2.24, 2.45) is 0 Å². The van der Waals surface area contributed by atoms with Crippen LogP contribution < -0.4 is 11.2 Å². The number of aromatic amines is 1. The number of rotatable bonds is 2. The second kappa shape index (κ2) is 3.87. The van der Waals surface area contributed by atoms with E-state index in [2.05, 4.69) is 4.98 Å². The van der Waals surface area contributed by atoms with Crippen molar-refractivity contribution in [1.29, 1.82) is 5.26 Å². The van der Waals surface area contributed by atoms with E-state index in [1.54, 1.807) is 6.07 Å². The zero-order valence-electron chi connectivity index (χ0n) is 7.05. The molecule has 4 nitrogen and oxygen atoms in total. The smallest absolute Gasteiger partial charge is 0.271 e. The summed E-state index contributed by atoms with van der Waals surface area (Å²) < 4.78 is 24.5. The van der Waals surface area contributed by atoms with Crippen molar-refractivity contribution >= 4 is 5.82 Å². The lowest BCUT2D eigenvalue weighted by atomic mass is 10.2. The Hall–Kier alpha value is -1.90. The average molecular weight is 199 g/mol. The van der Waals surface area contributed by atoms with Gasteiger partial charge in [-0.1, -0.05) is 0 Å². The van der Waals surface area contributed by atoms with Gasteiger partial charge < -0.3 is 10.7 Å². The fourth-order valence-electron chi connectivity index (χ4n) is 1.05. The molecule has 0 aliphatic rings. The Labute approximate surface area is 78.0 Å². The van der Waals surface area contributed by atoms with Crippen LogP contribution in [0.1, 0.15) is 17.7 Å². The molecule has 1 heterocycles. The van der Waals surface area contributed by atoms with Crippen molar-refractivity contribution in [1.82, 2.24) is 4.98 Å². The Morgan fingerprint density at radius 1 is 1.64 bits per heavy atom. The van der Waals surface area contributed by atoms with Crippen LogP contribution in [0.5, 0.6) is 0 Å². The van der Waals surface area contributed by atoms with Gasteiger partial charge in [0.15, 0.2) is 5.43 Å². The molecule has 3 N–H and O–H groups in total. The molecule has 0 saturated carbocycles. The Kier molecular flexibility index (Phi) is 2.82. The van der Waals surface area contributed by atoms with Gasteiger partial charge in [0.1, 0.15) is 11.4 Å². The fourth-order valence-corrected chi connectivity index (χ4v) is 1.05. The van der Waals surface area contributed by atoms with Gasteiger partial charge in [-0.2, -0.15) is 5.26 Å². The molecule has 0 aliphatic heterocycles. The van der Waals surface area contributed by atoms with E-state index in [0.717, 1.165) is 6.07 Å². The van der Waals surface area contributed by atoms with Gasteiger partial charge in [-0.25, -0.2) is 8.78 Å². The summed E-state index contributed by atoms with van der Waals surface area (Å²) in [6.07, 6.45) is -2.97. The Balaban J connectivity index is 3.27. The molecule has 0 bridgehead atoms. The van der Waals surface area contributed by atoms with Crippen LogP contribution in [0.4, 0.5) is 14.6 Å². The highest BCUT2D eigenvalue weighted by Crippen LogP contribution is 2.19.